The summed E-state index contributed by atoms with van der Waals surface area (Å²) in [4.78, 5) is 18.8. The van der Waals surface area contributed by atoms with E-state index in [1.807, 2.05) is 31.4 Å². The van der Waals surface area contributed by atoms with E-state index in [0.717, 1.165) is 41.1 Å². The summed E-state index contributed by atoms with van der Waals surface area (Å²) in [5.41, 5.74) is 0.0338. The number of carbonyl (C=O) groups excluding carboxylic acids is 1. The Balaban J connectivity index is 1.68. The van der Waals surface area contributed by atoms with Crippen LogP contribution in [0.1, 0.15) is 40.5 Å². The van der Waals surface area contributed by atoms with Crippen molar-refractivity contribution < 1.29 is 9.53 Å². The molecule has 136 valence electrons. The fourth-order valence-electron chi connectivity index (χ4n) is 2.89. The molecular weight excluding hydrogens is 435 g/mol. The third kappa shape index (κ3) is 4.13. The Morgan fingerprint density at radius 3 is 2.68 bits per heavy atom. The van der Waals surface area contributed by atoms with Gasteiger partial charge >= 0.3 is 6.09 Å². The molecule has 25 heavy (non-hydrogen) atoms. The fraction of sp³-hybridized carbons (Fsp3) is 0.625. The lowest BCUT2D eigenvalue weighted by Crippen LogP contribution is -2.54. The van der Waals surface area contributed by atoms with Gasteiger partial charge in [0.05, 0.1) is 3.57 Å². The third-order valence-corrected chi connectivity index (χ3v) is 4.98. The van der Waals surface area contributed by atoms with E-state index in [1.54, 1.807) is 6.33 Å². The van der Waals surface area contributed by atoms with E-state index in [2.05, 4.69) is 54.9 Å². The summed E-state index contributed by atoms with van der Waals surface area (Å²) in [7, 11) is 0. The van der Waals surface area contributed by atoms with Crippen LogP contribution in [-0.4, -0.2) is 49.9 Å². The summed E-state index contributed by atoms with van der Waals surface area (Å²) in [6, 6.07) is 0. The van der Waals surface area contributed by atoms with Gasteiger partial charge in [-0.05, 0) is 63.1 Å². The van der Waals surface area contributed by atoms with Gasteiger partial charge in [0, 0.05) is 24.8 Å². The molecule has 3 rings (SSSR count). The summed E-state index contributed by atoms with van der Waals surface area (Å²) in [5.74, 6) is 0.833. The van der Waals surface area contributed by atoms with E-state index >= 15 is 0 Å². The van der Waals surface area contributed by atoms with E-state index in [9.17, 15) is 4.79 Å². The zero-order valence-corrected chi connectivity index (χ0v) is 17.1. The lowest BCUT2D eigenvalue weighted by molar-refractivity contribution is 0.0448. The molecule has 9 heteroatoms. The number of nitrogens with one attached hydrogen (secondary N) is 1. The van der Waals surface area contributed by atoms with Gasteiger partial charge in [-0.3, -0.25) is 4.40 Å². The highest BCUT2D eigenvalue weighted by molar-refractivity contribution is 14.1. The molecule has 1 saturated heterocycles. The van der Waals surface area contributed by atoms with Crippen molar-refractivity contribution in [2.24, 2.45) is 0 Å². The summed E-state index contributed by atoms with van der Waals surface area (Å²) >= 11 is 2.21. The normalized spacial score (nSPS) is 17.6. The number of fused-ring (bicyclic) bond motifs is 1. The number of alkyl carbamates (subject to hydrolysis) is 1. The van der Waals surface area contributed by atoms with Crippen LogP contribution in [0.5, 0.6) is 0 Å². The van der Waals surface area contributed by atoms with Gasteiger partial charge in [-0.1, -0.05) is 0 Å². The van der Waals surface area contributed by atoms with Crippen LogP contribution >= 0.6 is 22.6 Å². The Bertz CT molecular complexity index is 777. The molecule has 1 aliphatic heterocycles. The molecule has 0 spiro atoms. The second kappa shape index (κ2) is 6.58. The number of anilines is 1. The molecule has 2 aromatic rings. The molecule has 0 atom stereocenters. The van der Waals surface area contributed by atoms with Crippen LogP contribution in [-0.2, 0) is 4.74 Å². The number of hydrogen-bond donors (Lipinski definition) is 1. The van der Waals surface area contributed by atoms with Gasteiger partial charge in [0.15, 0.2) is 5.65 Å². The summed E-state index contributed by atoms with van der Waals surface area (Å²) in [5, 5.41) is 11.2. The van der Waals surface area contributed by atoms with E-state index in [4.69, 9.17) is 4.74 Å². The van der Waals surface area contributed by atoms with Gasteiger partial charge in [0.1, 0.15) is 11.9 Å². The summed E-state index contributed by atoms with van der Waals surface area (Å²) in [6.45, 7) is 9.23. The molecular formula is C16H23IN6O2. The highest BCUT2D eigenvalue weighted by Crippen LogP contribution is 2.26. The molecule has 0 bridgehead atoms. The molecule has 0 radical (unpaired) electrons. The van der Waals surface area contributed by atoms with Crippen LogP contribution in [0.2, 0.25) is 0 Å². The number of carbonyl (C=O) groups is 1. The van der Waals surface area contributed by atoms with Gasteiger partial charge in [0.25, 0.3) is 0 Å². The maximum absolute atomic E-state index is 12.1. The first-order chi connectivity index (χ1) is 11.7. The molecule has 2 aromatic heterocycles. The van der Waals surface area contributed by atoms with Crippen molar-refractivity contribution in [3.05, 3.63) is 16.1 Å². The Labute approximate surface area is 160 Å². The monoisotopic (exact) mass is 458 g/mol. The van der Waals surface area contributed by atoms with Crippen LogP contribution < -0.4 is 10.2 Å². The second-order valence-electron chi connectivity index (χ2n) is 7.61. The quantitative estimate of drug-likeness (QED) is 0.697. The maximum Gasteiger partial charge on any atom is 0.408 e. The molecule has 3 heterocycles. The Hall–Kier alpha value is -1.65. The predicted octanol–water partition coefficient (Wildman–Crippen LogP) is 2.61. The van der Waals surface area contributed by atoms with Crippen LogP contribution in [0.4, 0.5) is 10.7 Å². The number of rotatable bonds is 2. The van der Waals surface area contributed by atoms with Crippen LogP contribution in [0, 0.1) is 3.57 Å². The average molecular weight is 458 g/mol. The Morgan fingerprint density at radius 1 is 1.36 bits per heavy atom. The van der Waals surface area contributed by atoms with E-state index in [-0.39, 0.29) is 11.6 Å². The average Bonchev–Trinajstić information content (AvgIpc) is 2.97. The van der Waals surface area contributed by atoms with Crippen LogP contribution in [0.3, 0.4) is 0 Å². The van der Waals surface area contributed by atoms with Crippen molar-refractivity contribution in [3.63, 3.8) is 0 Å². The number of nitrogens with zero attached hydrogens (tertiary/aromatic N) is 5. The van der Waals surface area contributed by atoms with Crippen molar-refractivity contribution >= 4 is 40.3 Å². The van der Waals surface area contributed by atoms with E-state index in [1.165, 1.54) is 0 Å². The van der Waals surface area contributed by atoms with Crippen molar-refractivity contribution in [3.8, 4) is 0 Å². The van der Waals surface area contributed by atoms with Crippen LogP contribution in [0.15, 0.2) is 12.5 Å². The molecule has 0 aliphatic carbocycles. The predicted molar refractivity (Wildman–Crippen MR) is 103 cm³/mol. The van der Waals surface area contributed by atoms with Crippen molar-refractivity contribution in [2.75, 3.05) is 18.0 Å². The third-order valence-electron chi connectivity index (χ3n) is 4.22. The zero-order chi connectivity index (χ0) is 18.2. The first kappa shape index (κ1) is 18.2. The topological polar surface area (TPSA) is 84.6 Å². The number of aromatic nitrogens is 4. The van der Waals surface area contributed by atoms with Gasteiger partial charge < -0.3 is 15.0 Å². The molecule has 0 aromatic carbocycles. The highest BCUT2D eigenvalue weighted by Gasteiger charge is 2.34. The maximum atomic E-state index is 12.1. The lowest BCUT2D eigenvalue weighted by atomic mass is 9.90. The first-order valence-electron chi connectivity index (χ1n) is 8.27. The molecule has 8 nitrogen and oxygen atoms in total. The molecule has 0 saturated carbocycles. The second-order valence-corrected chi connectivity index (χ2v) is 8.77. The van der Waals surface area contributed by atoms with Crippen molar-refractivity contribution in [2.45, 2.75) is 51.7 Å². The first-order valence-corrected chi connectivity index (χ1v) is 9.35. The highest BCUT2D eigenvalue weighted by atomic mass is 127. The summed E-state index contributed by atoms with van der Waals surface area (Å²) < 4.78 is 8.25. The Morgan fingerprint density at radius 2 is 2.04 bits per heavy atom. The number of ether oxygens (including phenoxy) is 1. The zero-order valence-electron chi connectivity index (χ0n) is 14.9. The number of piperidine rings is 1. The molecule has 1 N–H and O–H groups in total. The van der Waals surface area contributed by atoms with Gasteiger partial charge in [0.2, 0.25) is 5.95 Å². The largest absolute Gasteiger partial charge is 0.444 e. The van der Waals surface area contributed by atoms with E-state index < -0.39 is 5.60 Å². The van der Waals surface area contributed by atoms with E-state index in [0.29, 0.717) is 0 Å². The van der Waals surface area contributed by atoms with Crippen molar-refractivity contribution in [1.82, 2.24) is 24.9 Å². The minimum Gasteiger partial charge on any atom is -0.444 e. The lowest BCUT2D eigenvalue weighted by Gasteiger charge is -2.40. The summed E-state index contributed by atoms with van der Waals surface area (Å²) in [6.07, 6.45) is 4.75. The van der Waals surface area contributed by atoms with Gasteiger partial charge in [-0.2, -0.15) is 0 Å². The Kier molecular flexibility index (Phi) is 4.78. The standard InChI is InChI=1S/C16H23IN6O2/c1-15(2,3)25-14(24)20-16(4)5-7-22(8-6-16)13-18-9-11(17)12-21-19-10-23(12)13/h9-10H,5-8H2,1-4H3,(H,20,24). The number of amides is 1. The SMILES string of the molecule is CC1(NC(=O)OC(C)(C)C)CCN(c2ncc(I)c3nncn23)CC1. The van der Waals surface area contributed by atoms with Gasteiger partial charge in [-0.25, -0.2) is 9.78 Å². The number of halogens is 1. The van der Waals surface area contributed by atoms with Gasteiger partial charge in [-0.15, -0.1) is 10.2 Å². The smallest absolute Gasteiger partial charge is 0.408 e. The fourth-order valence-corrected chi connectivity index (χ4v) is 3.39. The molecule has 1 aliphatic rings. The molecule has 0 unspecified atom stereocenters. The van der Waals surface area contributed by atoms with Crippen molar-refractivity contribution in [1.29, 1.82) is 0 Å². The number of hydrogen-bond acceptors (Lipinski definition) is 6. The molecule has 1 amide bonds. The molecule has 1 fully saturated rings. The van der Waals surface area contributed by atoms with Crippen LogP contribution in [0.25, 0.3) is 5.65 Å². The minimum absolute atomic E-state index is 0.283. The minimum atomic E-state index is -0.494.